The second-order valence-electron chi connectivity index (χ2n) is 6.10. The highest BCUT2D eigenvalue weighted by atomic mass is 19.4. The van der Waals surface area contributed by atoms with Crippen LogP contribution in [0.4, 0.5) is 18.9 Å². The summed E-state index contributed by atoms with van der Waals surface area (Å²) in [4.78, 5) is 29.9. The quantitative estimate of drug-likeness (QED) is 0.908. The fraction of sp³-hybridized carbons (Fsp3) is 0.278. The van der Waals surface area contributed by atoms with Crippen LogP contribution in [0.3, 0.4) is 0 Å². The summed E-state index contributed by atoms with van der Waals surface area (Å²) in [6.45, 7) is 0.666. The summed E-state index contributed by atoms with van der Waals surface area (Å²) >= 11 is 0. The average molecular weight is 363 g/mol. The van der Waals surface area contributed by atoms with E-state index >= 15 is 0 Å². The van der Waals surface area contributed by atoms with Crippen molar-refractivity contribution in [2.75, 3.05) is 11.9 Å². The Balaban J connectivity index is 1.59. The first-order valence-corrected chi connectivity index (χ1v) is 7.98. The van der Waals surface area contributed by atoms with Crippen LogP contribution in [0.15, 0.2) is 48.8 Å². The van der Waals surface area contributed by atoms with Crippen molar-refractivity contribution < 1.29 is 22.8 Å². The summed E-state index contributed by atoms with van der Waals surface area (Å²) < 4.78 is 37.7. The molecule has 1 unspecified atom stereocenters. The van der Waals surface area contributed by atoms with Crippen LogP contribution in [0, 0.1) is 5.92 Å². The van der Waals surface area contributed by atoms with E-state index in [4.69, 9.17) is 0 Å². The van der Waals surface area contributed by atoms with Gasteiger partial charge in [0.05, 0.1) is 11.5 Å². The van der Waals surface area contributed by atoms with Crippen molar-refractivity contribution in [3.8, 4) is 0 Å². The van der Waals surface area contributed by atoms with E-state index < -0.39 is 17.7 Å². The Kier molecular flexibility index (Phi) is 4.92. The number of nitrogens with one attached hydrogen (secondary N) is 1. The summed E-state index contributed by atoms with van der Waals surface area (Å²) in [6.07, 6.45) is -1.08. The van der Waals surface area contributed by atoms with Gasteiger partial charge in [0.1, 0.15) is 0 Å². The monoisotopic (exact) mass is 363 g/mol. The fourth-order valence-corrected chi connectivity index (χ4v) is 2.80. The Morgan fingerprint density at radius 1 is 1.15 bits per heavy atom. The zero-order valence-corrected chi connectivity index (χ0v) is 13.7. The smallest absolute Gasteiger partial charge is 0.338 e. The Labute approximate surface area is 147 Å². The molecule has 1 atom stereocenters. The van der Waals surface area contributed by atoms with Gasteiger partial charge in [0.15, 0.2) is 0 Å². The van der Waals surface area contributed by atoms with Gasteiger partial charge in [-0.2, -0.15) is 13.2 Å². The number of amides is 2. The minimum absolute atomic E-state index is 0.0809. The van der Waals surface area contributed by atoms with Gasteiger partial charge in [-0.05, 0) is 42.0 Å². The molecule has 3 rings (SSSR count). The van der Waals surface area contributed by atoms with Crippen LogP contribution in [-0.2, 0) is 22.3 Å². The standard InChI is InChI=1S/C18H16F3N3O2/c19-18(20,21)14-1-3-15(4-2-14)23-17(26)13-9-16(25)24(11-13)10-12-5-7-22-8-6-12/h1-8,13H,9-11H2,(H,23,26). The lowest BCUT2D eigenvalue weighted by Gasteiger charge is -2.16. The third kappa shape index (κ3) is 4.19. The number of benzene rings is 1. The molecule has 2 amide bonds. The topological polar surface area (TPSA) is 62.3 Å². The molecule has 0 radical (unpaired) electrons. The Morgan fingerprint density at radius 3 is 2.42 bits per heavy atom. The van der Waals surface area contributed by atoms with Gasteiger partial charge >= 0.3 is 6.18 Å². The zero-order chi connectivity index (χ0) is 18.7. The molecule has 2 aromatic rings. The van der Waals surface area contributed by atoms with Crippen LogP contribution in [0.2, 0.25) is 0 Å². The first kappa shape index (κ1) is 17.9. The summed E-state index contributed by atoms with van der Waals surface area (Å²) in [5.41, 5.74) is 0.398. The number of carbonyl (C=O) groups excluding carboxylic acids is 2. The molecular weight excluding hydrogens is 347 g/mol. The maximum absolute atomic E-state index is 12.6. The third-order valence-electron chi connectivity index (χ3n) is 4.19. The molecule has 0 saturated carbocycles. The van der Waals surface area contributed by atoms with Gasteiger partial charge in [-0.3, -0.25) is 14.6 Å². The van der Waals surface area contributed by atoms with Gasteiger partial charge in [-0.25, -0.2) is 0 Å². The number of likely N-dealkylation sites (tertiary alicyclic amines) is 1. The van der Waals surface area contributed by atoms with Crippen LogP contribution in [0.5, 0.6) is 0 Å². The zero-order valence-electron chi connectivity index (χ0n) is 13.7. The number of anilines is 1. The molecule has 26 heavy (non-hydrogen) atoms. The maximum Gasteiger partial charge on any atom is 0.416 e. The molecule has 0 spiro atoms. The van der Waals surface area contributed by atoms with E-state index in [-0.39, 0.29) is 30.5 Å². The molecule has 1 aromatic carbocycles. The molecule has 1 N–H and O–H groups in total. The number of carbonyl (C=O) groups is 2. The maximum atomic E-state index is 12.6. The summed E-state index contributed by atoms with van der Waals surface area (Å²) in [5.74, 6) is -1.05. The van der Waals surface area contributed by atoms with Crippen LogP contribution >= 0.6 is 0 Å². The largest absolute Gasteiger partial charge is 0.416 e. The molecule has 1 aliphatic heterocycles. The Bertz CT molecular complexity index is 792. The lowest BCUT2D eigenvalue weighted by molar-refractivity contribution is -0.137. The molecular formula is C18H16F3N3O2. The van der Waals surface area contributed by atoms with Crippen molar-refractivity contribution in [2.24, 2.45) is 5.92 Å². The van der Waals surface area contributed by atoms with Crippen LogP contribution in [0.1, 0.15) is 17.5 Å². The predicted octanol–water partition coefficient (Wildman–Crippen LogP) is 3.09. The number of hydrogen-bond acceptors (Lipinski definition) is 3. The highest BCUT2D eigenvalue weighted by Crippen LogP contribution is 2.30. The van der Waals surface area contributed by atoms with Gasteiger partial charge < -0.3 is 10.2 Å². The minimum Gasteiger partial charge on any atom is -0.338 e. The molecule has 1 saturated heterocycles. The molecule has 5 nitrogen and oxygen atoms in total. The van der Waals surface area contributed by atoms with Crippen molar-refractivity contribution in [1.29, 1.82) is 0 Å². The van der Waals surface area contributed by atoms with E-state index in [1.54, 1.807) is 29.4 Å². The van der Waals surface area contributed by atoms with E-state index in [9.17, 15) is 22.8 Å². The Hall–Kier alpha value is -2.90. The molecule has 2 heterocycles. The number of halogens is 3. The average Bonchev–Trinajstić information content (AvgIpc) is 2.96. The van der Waals surface area contributed by atoms with Crippen molar-refractivity contribution in [2.45, 2.75) is 19.1 Å². The third-order valence-corrected chi connectivity index (χ3v) is 4.19. The highest BCUT2D eigenvalue weighted by molar-refractivity contribution is 5.97. The van der Waals surface area contributed by atoms with Crippen LogP contribution < -0.4 is 5.32 Å². The Morgan fingerprint density at radius 2 is 1.81 bits per heavy atom. The molecule has 0 aliphatic carbocycles. The highest BCUT2D eigenvalue weighted by Gasteiger charge is 2.34. The second-order valence-corrected chi connectivity index (χ2v) is 6.10. The van der Waals surface area contributed by atoms with E-state index in [1.807, 2.05) is 0 Å². The normalized spacial score (nSPS) is 17.4. The van der Waals surface area contributed by atoms with Crippen LogP contribution in [0.25, 0.3) is 0 Å². The van der Waals surface area contributed by atoms with Crippen LogP contribution in [-0.4, -0.2) is 28.2 Å². The minimum atomic E-state index is -4.42. The van der Waals surface area contributed by atoms with Gasteiger partial charge in [-0.15, -0.1) is 0 Å². The molecule has 136 valence electrons. The molecule has 0 bridgehead atoms. The van der Waals surface area contributed by atoms with Crippen molar-refractivity contribution in [3.63, 3.8) is 0 Å². The number of nitrogens with zero attached hydrogens (tertiary/aromatic N) is 2. The van der Waals surface area contributed by atoms with Crippen molar-refractivity contribution >= 4 is 17.5 Å². The van der Waals surface area contributed by atoms with Crippen molar-refractivity contribution in [1.82, 2.24) is 9.88 Å². The number of aromatic nitrogens is 1. The van der Waals surface area contributed by atoms with Gasteiger partial charge in [0, 0.05) is 37.6 Å². The van der Waals surface area contributed by atoms with E-state index in [1.165, 1.54) is 12.1 Å². The molecule has 1 aliphatic rings. The summed E-state index contributed by atoms with van der Waals surface area (Å²) in [7, 11) is 0. The summed E-state index contributed by atoms with van der Waals surface area (Å²) in [5, 5.41) is 2.57. The van der Waals surface area contributed by atoms with E-state index in [0.717, 1.165) is 17.7 Å². The molecule has 1 fully saturated rings. The molecule has 1 aromatic heterocycles. The van der Waals surface area contributed by atoms with Gasteiger partial charge in [0.25, 0.3) is 0 Å². The lowest BCUT2D eigenvalue weighted by atomic mass is 10.1. The first-order valence-electron chi connectivity index (χ1n) is 7.98. The van der Waals surface area contributed by atoms with Crippen molar-refractivity contribution in [3.05, 3.63) is 59.9 Å². The van der Waals surface area contributed by atoms with E-state index in [2.05, 4.69) is 10.3 Å². The first-order chi connectivity index (χ1) is 12.3. The number of pyridine rings is 1. The SMILES string of the molecule is O=C(Nc1ccc(C(F)(F)F)cc1)C1CC(=O)N(Cc2ccncc2)C1. The number of hydrogen-bond donors (Lipinski definition) is 1. The number of rotatable bonds is 4. The fourth-order valence-electron chi connectivity index (χ4n) is 2.80. The van der Waals surface area contributed by atoms with Gasteiger partial charge in [-0.1, -0.05) is 0 Å². The second kappa shape index (κ2) is 7.15. The molecule has 8 heteroatoms. The summed E-state index contributed by atoms with van der Waals surface area (Å²) in [6, 6.07) is 7.81. The van der Waals surface area contributed by atoms with Gasteiger partial charge in [0.2, 0.25) is 11.8 Å². The van der Waals surface area contributed by atoms with E-state index in [0.29, 0.717) is 6.54 Å². The number of alkyl halides is 3. The lowest BCUT2D eigenvalue weighted by Crippen LogP contribution is -2.28. The predicted molar refractivity (Wildman–Crippen MR) is 87.8 cm³/mol.